The van der Waals surface area contributed by atoms with Crippen molar-refractivity contribution in [3.63, 3.8) is 0 Å². The number of nitrogens with two attached hydrogens (primary N) is 1. The van der Waals surface area contributed by atoms with E-state index in [1.807, 2.05) is 38.1 Å². The van der Waals surface area contributed by atoms with Crippen LogP contribution >= 0.6 is 11.8 Å². The van der Waals surface area contributed by atoms with Crippen LogP contribution in [0.5, 0.6) is 5.75 Å². The number of anilines is 1. The maximum Gasteiger partial charge on any atom is 0.233 e. The minimum Gasteiger partial charge on any atom is -0.497 e. The van der Waals surface area contributed by atoms with E-state index in [0.717, 1.165) is 23.4 Å². The Kier molecular flexibility index (Phi) is 6.43. The van der Waals surface area contributed by atoms with Gasteiger partial charge in [-0.2, -0.15) is 0 Å². The SMILES string of the molecule is COc1ccc(CCNC(=O)C(C)Sc2nc(C)cc(N)n2)cc1. The molecular formula is C17H22N4O2S. The Hall–Kier alpha value is -2.28. The number of hydrogen-bond donors (Lipinski definition) is 2. The molecule has 1 atom stereocenters. The van der Waals surface area contributed by atoms with E-state index in [1.54, 1.807) is 13.2 Å². The second-order valence-electron chi connectivity index (χ2n) is 5.37. The van der Waals surface area contributed by atoms with Crippen LogP contribution in [0.15, 0.2) is 35.5 Å². The summed E-state index contributed by atoms with van der Waals surface area (Å²) in [4.78, 5) is 20.6. The zero-order chi connectivity index (χ0) is 17.5. The van der Waals surface area contributed by atoms with E-state index in [1.165, 1.54) is 11.8 Å². The van der Waals surface area contributed by atoms with Gasteiger partial charge in [0, 0.05) is 18.3 Å². The van der Waals surface area contributed by atoms with Gasteiger partial charge in [-0.1, -0.05) is 23.9 Å². The van der Waals surface area contributed by atoms with Crippen molar-refractivity contribution in [1.82, 2.24) is 15.3 Å². The Morgan fingerprint density at radius 2 is 2.04 bits per heavy atom. The number of aromatic nitrogens is 2. The van der Waals surface area contributed by atoms with E-state index in [4.69, 9.17) is 10.5 Å². The van der Waals surface area contributed by atoms with E-state index in [0.29, 0.717) is 17.5 Å². The fourth-order valence-electron chi connectivity index (χ4n) is 2.10. The Morgan fingerprint density at radius 3 is 2.67 bits per heavy atom. The molecule has 1 unspecified atom stereocenters. The summed E-state index contributed by atoms with van der Waals surface area (Å²) in [6, 6.07) is 9.51. The third kappa shape index (κ3) is 5.42. The van der Waals surface area contributed by atoms with Crippen molar-refractivity contribution in [3.8, 4) is 5.75 Å². The number of benzene rings is 1. The number of ether oxygens (including phenoxy) is 1. The first-order chi connectivity index (χ1) is 11.5. The Labute approximate surface area is 146 Å². The van der Waals surface area contributed by atoms with Gasteiger partial charge in [0.05, 0.1) is 12.4 Å². The Balaban J connectivity index is 1.80. The summed E-state index contributed by atoms with van der Waals surface area (Å²) in [7, 11) is 1.64. The molecule has 0 fully saturated rings. The fourth-order valence-corrected chi connectivity index (χ4v) is 2.96. The minimum atomic E-state index is -0.290. The molecule has 0 aliphatic rings. The van der Waals surface area contributed by atoms with E-state index in [2.05, 4.69) is 15.3 Å². The van der Waals surface area contributed by atoms with Crippen LogP contribution < -0.4 is 15.8 Å². The molecule has 7 heteroatoms. The number of nitrogens with one attached hydrogen (secondary N) is 1. The van der Waals surface area contributed by atoms with Gasteiger partial charge in [-0.15, -0.1) is 0 Å². The second kappa shape index (κ2) is 8.54. The Morgan fingerprint density at radius 1 is 1.33 bits per heavy atom. The molecule has 0 saturated carbocycles. The van der Waals surface area contributed by atoms with Gasteiger partial charge in [-0.3, -0.25) is 4.79 Å². The number of amides is 1. The smallest absolute Gasteiger partial charge is 0.233 e. The topological polar surface area (TPSA) is 90.1 Å². The quantitative estimate of drug-likeness (QED) is 0.590. The number of nitrogen functional groups attached to an aromatic ring is 1. The zero-order valence-electron chi connectivity index (χ0n) is 14.1. The van der Waals surface area contributed by atoms with Crippen molar-refractivity contribution in [3.05, 3.63) is 41.6 Å². The van der Waals surface area contributed by atoms with Gasteiger partial charge in [0.25, 0.3) is 0 Å². The zero-order valence-corrected chi connectivity index (χ0v) is 14.9. The van der Waals surface area contributed by atoms with Crippen molar-refractivity contribution >= 4 is 23.5 Å². The molecule has 0 aliphatic carbocycles. The van der Waals surface area contributed by atoms with Crippen LogP contribution in [0, 0.1) is 6.92 Å². The molecule has 2 aromatic rings. The minimum absolute atomic E-state index is 0.0443. The van der Waals surface area contributed by atoms with Crippen LogP contribution in [0.2, 0.25) is 0 Å². The number of aryl methyl sites for hydroxylation is 1. The molecule has 1 amide bonds. The molecule has 1 aromatic carbocycles. The highest BCUT2D eigenvalue weighted by Gasteiger charge is 2.16. The second-order valence-corrected chi connectivity index (χ2v) is 6.67. The highest BCUT2D eigenvalue weighted by Crippen LogP contribution is 2.20. The van der Waals surface area contributed by atoms with Gasteiger partial charge in [0.15, 0.2) is 5.16 Å². The largest absolute Gasteiger partial charge is 0.497 e. The lowest BCUT2D eigenvalue weighted by Crippen LogP contribution is -2.32. The van der Waals surface area contributed by atoms with Gasteiger partial charge < -0.3 is 15.8 Å². The average molecular weight is 346 g/mol. The molecule has 1 aromatic heterocycles. The third-order valence-corrected chi connectivity index (χ3v) is 4.34. The lowest BCUT2D eigenvalue weighted by molar-refractivity contribution is -0.120. The van der Waals surface area contributed by atoms with Crippen molar-refractivity contribution in [2.45, 2.75) is 30.7 Å². The fraction of sp³-hybridized carbons (Fsp3) is 0.353. The first-order valence-electron chi connectivity index (χ1n) is 7.66. The molecule has 0 aliphatic heterocycles. The Bertz CT molecular complexity index is 671. The van der Waals surface area contributed by atoms with E-state index >= 15 is 0 Å². The summed E-state index contributed by atoms with van der Waals surface area (Å²) in [6.45, 7) is 4.25. The average Bonchev–Trinajstić information content (AvgIpc) is 2.54. The third-order valence-electron chi connectivity index (χ3n) is 3.38. The number of methoxy groups -OCH3 is 1. The molecule has 0 spiro atoms. The van der Waals surface area contributed by atoms with Crippen molar-refractivity contribution in [2.75, 3.05) is 19.4 Å². The standard InChI is InChI=1S/C17H22N4O2S/c1-11-10-15(18)21-17(20-11)24-12(2)16(22)19-9-8-13-4-6-14(23-3)7-5-13/h4-7,10,12H,8-9H2,1-3H3,(H,19,22)(H2,18,20,21). The molecule has 1 heterocycles. The van der Waals surface area contributed by atoms with Crippen LogP contribution in [-0.2, 0) is 11.2 Å². The molecule has 128 valence electrons. The van der Waals surface area contributed by atoms with Crippen molar-refractivity contribution in [2.24, 2.45) is 0 Å². The lowest BCUT2D eigenvalue weighted by Gasteiger charge is -2.11. The van der Waals surface area contributed by atoms with Gasteiger partial charge >= 0.3 is 0 Å². The van der Waals surface area contributed by atoms with Crippen LogP contribution in [0.1, 0.15) is 18.2 Å². The van der Waals surface area contributed by atoms with Crippen LogP contribution in [0.3, 0.4) is 0 Å². The molecular weight excluding hydrogens is 324 g/mol. The van der Waals surface area contributed by atoms with Crippen molar-refractivity contribution < 1.29 is 9.53 Å². The lowest BCUT2D eigenvalue weighted by atomic mass is 10.1. The highest BCUT2D eigenvalue weighted by molar-refractivity contribution is 8.00. The summed E-state index contributed by atoms with van der Waals surface area (Å²) >= 11 is 1.30. The van der Waals surface area contributed by atoms with Crippen LogP contribution in [-0.4, -0.2) is 34.8 Å². The van der Waals surface area contributed by atoms with Gasteiger partial charge in [0.2, 0.25) is 5.91 Å². The first kappa shape index (κ1) is 18.1. The van der Waals surface area contributed by atoms with Gasteiger partial charge in [-0.05, 0) is 38.0 Å². The summed E-state index contributed by atoms with van der Waals surface area (Å²) in [5, 5.41) is 3.16. The number of carbonyl (C=O) groups excluding carboxylic acids is 1. The first-order valence-corrected chi connectivity index (χ1v) is 8.54. The number of rotatable bonds is 7. The maximum atomic E-state index is 12.2. The molecule has 0 bridgehead atoms. The molecule has 0 saturated heterocycles. The number of carbonyl (C=O) groups is 1. The van der Waals surface area contributed by atoms with Crippen molar-refractivity contribution in [1.29, 1.82) is 0 Å². The van der Waals surface area contributed by atoms with E-state index < -0.39 is 0 Å². The predicted octanol–water partition coefficient (Wildman–Crippen LogP) is 2.22. The predicted molar refractivity (Wildman–Crippen MR) is 96.2 cm³/mol. The number of thioether (sulfide) groups is 1. The van der Waals surface area contributed by atoms with Gasteiger partial charge in [-0.25, -0.2) is 9.97 Å². The normalized spacial score (nSPS) is 11.8. The molecule has 6 nitrogen and oxygen atoms in total. The molecule has 3 N–H and O–H groups in total. The maximum absolute atomic E-state index is 12.2. The van der Waals surface area contributed by atoms with Crippen LogP contribution in [0.4, 0.5) is 5.82 Å². The van der Waals surface area contributed by atoms with E-state index in [9.17, 15) is 4.79 Å². The number of hydrogen-bond acceptors (Lipinski definition) is 6. The monoisotopic (exact) mass is 346 g/mol. The summed E-state index contributed by atoms with van der Waals surface area (Å²) in [5.41, 5.74) is 7.64. The molecule has 2 rings (SSSR count). The number of nitrogens with zero attached hydrogens (tertiary/aromatic N) is 2. The summed E-state index contributed by atoms with van der Waals surface area (Å²) in [5.74, 6) is 1.19. The molecule has 24 heavy (non-hydrogen) atoms. The molecule has 0 radical (unpaired) electrons. The summed E-state index contributed by atoms with van der Waals surface area (Å²) in [6.07, 6.45) is 0.765. The highest BCUT2D eigenvalue weighted by atomic mass is 32.2. The van der Waals surface area contributed by atoms with E-state index in [-0.39, 0.29) is 11.2 Å². The van der Waals surface area contributed by atoms with Crippen LogP contribution in [0.25, 0.3) is 0 Å². The summed E-state index contributed by atoms with van der Waals surface area (Å²) < 4.78 is 5.12. The van der Waals surface area contributed by atoms with Gasteiger partial charge in [0.1, 0.15) is 11.6 Å².